The summed E-state index contributed by atoms with van der Waals surface area (Å²) < 4.78 is 5.29. The number of hydrazone groups is 1. The van der Waals surface area contributed by atoms with Gasteiger partial charge < -0.3 is 4.74 Å². The summed E-state index contributed by atoms with van der Waals surface area (Å²) >= 11 is 6.56. The van der Waals surface area contributed by atoms with Gasteiger partial charge in [-0.3, -0.25) is 14.6 Å². The number of carbonyl (C=O) groups excluding carboxylic acids is 1. The zero-order valence-corrected chi connectivity index (χ0v) is 21.3. The van der Waals surface area contributed by atoms with Gasteiger partial charge in [-0.1, -0.05) is 60.1 Å². The molecule has 0 saturated carbocycles. The second-order valence-electron chi connectivity index (χ2n) is 9.29. The van der Waals surface area contributed by atoms with Crippen LogP contribution in [0.4, 0.5) is 0 Å². The fourth-order valence-corrected chi connectivity index (χ4v) is 5.16. The molecule has 3 aromatic carbocycles. The van der Waals surface area contributed by atoms with Gasteiger partial charge in [-0.2, -0.15) is 5.10 Å². The average Bonchev–Trinajstić information content (AvgIpc) is 3.36. The highest BCUT2D eigenvalue weighted by Gasteiger charge is 2.35. The second kappa shape index (κ2) is 11.2. The van der Waals surface area contributed by atoms with E-state index in [4.69, 9.17) is 21.4 Å². The number of hydrogen-bond donors (Lipinski definition) is 0. The minimum atomic E-state index is -0.220. The van der Waals surface area contributed by atoms with Gasteiger partial charge in [-0.25, -0.2) is 5.01 Å². The maximum absolute atomic E-state index is 13.6. The molecule has 1 atom stereocenters. The third-order valence-corrected chi connectivity index (χ3v) is 7.27. The number of amides is 1. The minimum absolute atomic E-state index is 0.0000548. The van der Waals surface area contributed by atoms with E-state index in [9.17, 15) is 4.79 Å². The largest absolute Gasteiger partial charge is 0.497 e. The lowest BCUT2D eigenvalue weighted by Crippen LogP contribution is -2.49. The zero-order valence-electron chi connectivity index (χ0n) is 20.5. The number of halogens is 1. The lowest BCUT2D eigenvalue weighted by atomic mass is 9.98. The summed E-state index contributed by atoms with van der Waals surface area (Å²) in [6.45, 7) is 4.89. The number of rotatable bonds is 7. The monoisotopic (exact) mass is 502 g/mol. The molecule has 7 heteroatoms. The fraction of sp³-hybridized carbons (Fsp3) is 0.310. The highest BCUT2D eigenvalue weighted by atomic mass is 35.5. The van der Waals surface area contributed by atoms with Crippen LogP contribution in [-0.2, 0) is 11.3 Å². The van der Waals surface area contributed by atoms with E-state index >= 15 is 0 Å². The summed E-state index contributed by atoms with van der Waals surface area (Å²) in [7, 11) is 1.65. The maximum Gasteiger partial charge on any atom is 0.257 e. The predicted molar refractivity (Wildman–Crippen MR) is 143 cm³/mol. The summed E-state index contributed by atoms with van der Waals surface area (Å²) in [5.74, 6) is 0.791. The number of benzene rings is 3. The van der Waals surface area contributed by atoms with Crippen LogP contribution in [0.25, 0.3) is 0 Å². The molecule has 2 aliphatic rings. The maximum atomic E-state index is 13.6. The molecule has 1 amide bonds. The molecule has 2 heterocycles. The SMILES string of the molecule is COc1ccc(C2=NN(C(=O)CN3CCN(Cc4ccccc4)CC3)[C@@H](c3ccccc3Cl)C2)cc1. The van der Waals surface area contributed by atoms with Crippen molar-refractivity contribution < 1.29 is 9.53 Å². The van der Waals surface area contributed by atoms with Gasteiger partial charge in [-0.05, 0) is 47.0 Å². The molecule has 6 nitrogen and oxygen atoms in total. The quantitative estimate of drug-likeness (QED) is 0.463. The van der Waals surface area contributed by atoms with E-state index in [0.717, 1.165) is 55.3 Å². The number of methoxy groups -OCH3 is 1. The van der Waals surface area contributed by atoms with Gasteiger partial charge in [0.1, 0.15) is 5.75 Å². The van der Waals surface area contributed by atoms with Crippen LogP contribution in [0.5, 0.6) is 5.75 Å². The van der Waals surface area contributed by atoms with Crippen LogP contribution in [0.15, 0.2) is 84.0 Å². The first-order chi connectivity index (χ1) is 17.6. The van der Waals surface area contributed by atoms with Crippen LogP contribution in [-0.4, -0.2) is 66.3 Å². The first-order valence-corrected chi connectivity index (χ1v) is 12.8. The van der Waals surface area contributed by atoms with Crippen molar-refractivity contribution >= 4 is 23.2 Å². The Labute approximate surface area is 217 Å². The number of piperazine rings is 1. The predicted octanol–water partition coefficient (Wildman–Crippen LogP) is 4.84. The van der Waals surface area contributed by atoms with Crippen molar-refractivity contribution in [3.05, 3.63) is 101 Å². The van der Waals surface area contributed by atoms with Gasteiger partial charge >= 0.3 is 0 Å². The normalized spacial score (nSPS) is 18.8. The van der Waals surface area contributed by atoms with Gasteiger partial charge in [0.25, 0.3) is 5.91 Å². The standard InChI is InChI=1S/C29H31ClN4O2/c1-36-24-13-11-23(12-14-24)27-19-28(25-9-5-6-10-26(25)30)34(31-27)29(35)21-33-17-15-32(16-18-33)20-22-7-3-2-4-8-22/h2-14,28H,15-21H2,1H3/t28-/m1/s1. The summed E-state index contributed by atoms with van der Waals surface area (Å²) in [6.07, 6.45) is 0.618. The molecule has 0 bridgehead atoms. The highest BCUT2D eigenvalue weighted by Crippen LogP contribution is 2.36. The Balaban J connectivity index is 1.28. The zero-order chi connectivity index (χ0) is 24.9. The van der Waals surface area contributed by atoms with Crippen molar-refractivity contribution in [2.24, 2.45) is 5.10 Å². The number of nitrogens with zero attached hydrogens (tertiary/aromatic N) is 4. The van der Waals surface area contributed by atoms with Crippen molar-refractivity contribution in [1.82, 2.24) is 14.8 Å². The van der Waals surface area contributed by atoms with Crippen LogP contribution in [0, 0.1) is 0 Å². The molecule has 0 spiro atoms. The first kappa shape index (κ1) is 24.5. The van der Waals surface area contributed by atoms with E-state index in [1.165, 1.54) is 5.56 Å². The molecule has 36 heavy (non-hydrogen) atoms. The molecule has 3 aromatic rings. The van der Waals surface area contributed by atoms with E-state index in [1.54, 1.807) is 12.1 Å². The van der Waals surface area contributed by atoms with E-state index in [0.29, 0.717) is 18.0 Å². The van der Waals surface area contributed by atoms with Gasteiger partial charge in [0.15, 0.2) is 0 Å². The number of carbonyl (C=O) groups is 1. The van der Waals surface area contributed by atoms with Crippen LogP contribution in [0.2, 0.25) is 5.02 Å². The third kappa shape index (κ3) is 5.62. The molecule has 186 valence electrons. The number of ether oxygens (including phenoxy) is 1. The molecular weight excluding hydrogens is 472 g/mol. The Hall–Kier alpha value is -3.19. The van der Waals surface area contributed by atoms with E-state index < -0.39 is 0 Å². The summed E-state index contributed by atoms with van der Waals surface area (Å²) in [4.78, 5) is 18.2. The smallest absolute Gasteiger partial charge is 0.257 e. The van der Waals surface area contributed by atoms with Crippen LogP contribution < -0.4 is 4.74 Å². The molecule has 0 N–H and O–H groups in total. The van der Waals surface area contributed by atoms with Crippen molar-refractivity contribution in [1.29, 1.82) is 0 Å². The minimum Gasteiger partial charge on any atom is -0.497 e. The van der Waals surface area contributed by atoms with Crippen molar-refractivity contribution in [2.75, 3.05) is 39.8 Å². The van der Waals surface area contributed by atoms with Gasteiger partial charge in [-0.15, -0.1) is 0 Å². The van der Waals surface area contributed by atoms with Gasteiger partial charge in [0.05, 0.1) is 25.4 Å². The van der Waals surface area contributed by atoms with E-state index in [-0.39, 0.29) is 11.9 Å². The van der Waals surface area contributed by atoms with Crippen molar-refractivity contribution in [2.45, 2.75) is 19.0 Å². The molecule has 0 aromatic heterocycles. The molecular formula is C29H31ClN4O2. The first-order valence-electron chi connectivity index (χ1n) is 12.4. The Morgan fingerprint density at radius 1 is 0.917 bits per heavy atom. The molecule has 0 radical (unpaired) electrons. The Morgan fingerprint density at radius 3 is 2.28 bits per heavy atom. The Bertz CT molecular complexity index is 1210. The van der Waals surface area contributed by atoms with Crippen molar-refractivity contribution in [3.63, 3.8) is 0 Å². The average molecular weight is 503 g/mol. The molecule has 1 fully saturated rings. The highest BCUT2D eigenvalue weighted by molar-refractivity contribution is 6.31. The lowest BCUT2D eigenvalue weighted by molar-refractivity contribution is -0.134. The number of hydrogen-bond acceptors (Lipinski definition) is 5. The van der Waals surface area contributed by atoms with Gasteiger partial charge in [0.2, 0.25) is 0 Å². The Morgan fingerprint density at radius 2 is 1.58 bits per heavy atom. The lowest BCUT2D eigenvalue weighted by Gasteiger charge is -2.35. The summed E-state index contributed by atoms with van der Waals surface area (Å²) in [5.41, 5.74) is 4.11. The van der Waals surface area contributed by atoms with Crippen LogP contribution >= 0.6 is 11.6 Å². The van der Waals surface area contributed by atoms with Crippen molar-refractivity contribution in [3.8, 4) is 5.75 Å². The molecule has 1 saturated heterocycles. The summed E-state index contributed by atoms with van der Waals surface area (Å²) in [6, 6.07) is 25.9. The van der Waals surface area contributed by atoms with Crippen LogP contribution in [0.1, 0.15) is 29.2 Å². The molecule has 0 aliphatic carbocycles. The second-order valence-corrected chi connectivity index (χ2v) is 9.70. The molecule has 5 rings (SSSR count). The van der Waals surface area contributed by atoms with Gasteiger partial charge in [0, 0.05) is 44.2 Å². The third-order valence-electron chi connectivity index (χ3n) is 6.93. The fourth-order valence-electron chi connectivity index (χ4n) is 4.90. The molecule has 0 unspecified atom stereocenters. The van der Waals surface area contributed by atoms with Crippen LogP contribution in [0.3, 0.4) is 0 Å². The van der Waals surface area contributed by atoms with E-state index in [2.05, 4.69) is 34.1 Å². The Kier molecular flexibility index (Phi) is 7.66. The molecule has 2 aliphatic heterocycles. The van der Waals surface area contributed by atoms with E-state index in [1.807, 2.05) is 54.6 Å². The topological polar surface area (TPSA) is 48.4 Å². The summed E-state index contributed by atoms with van der Waals surface area (Å²) in [5, 5.41) is 7.12.